The van der Waals surface area contributed by atoms with Gasteiger partial charge in [0.15, 0.2) is 0 Å². The molecular formula is C30H33ClN4O5S. The zero-order valence-corrected chi connectivity index (χ0v) is 24.7. The van der Waals surface area contributed by atoms with Gasteiger partial charge in [0, 0.05) is 23.7 Å². The number of anilines is 3. The lowest BCUT2D eigenvalue weighted by atomic mass is 10.1. The topological polar surface area (TPSA) is 125 Å². The highest BCUT2D eigenvalue weighted by molar-refractivity contribution is 7.93. The first-order valence-electron chi connectivity index (χ1n) is 13.4. The zero-order chi connectivity index (χ0) is 29.7. The first-order valence-corrected chi connectivity index (χ1v) is 15.2. The molecular weight excluding hydrogens is 564 g/mol. The minimum absolute atomic E-state index is 0.0173. The van der Waals surface area contributed by atoms with Crippen LogP contribution in [0.1, 0.15) is 42.9 Å². The lowest BCUT2D eigenvalue weighted by molar-refractivity contribution is -0.125. The van der Waals surface area contributed by atoms with Gasteiger partial charge < -0.3 is 16.0 Å². The molecule has 0 radical (unpaired) electrons. The summed E-state index contributed by atoms with van der Waals surface area (Å²) in [4.78, 5) is 38.0. The number of sulfonamides is 1. The number of nitrogens with zero attached hydrogens (tertiary/aromatic N) is 1. The average Bonchev–Trinajstić information content (AvgIpc) is 2.92. The number of rotatable bonds is 10. The zero-order valence-electron chi connectivity index (χ0n) is 23.2. The van der Waals surface area contributed by atoms with Crippen molar-refractivity contribution >= 4 is 56.4 Å². The third-order valence-electron chi connectivity index (χ3n) is 6.81. The molecule has 0 bridgehead atoms. The number of fused-ring (bicyclic) bond motifs is 1. The molecule has 0 aromatic heterocycles. The van der Waals surface area contributed by atoms with E-state index in [-0.39, 0.29) is 29.5 Å². The van der Waals surface area contributed by atoms with Gasteiger partial charge in [-0.05, 0) is 79.8 Å². The fourth-order valence-corrected chi connectivity index (χ4v) is 6.82. The standard InChI is InChI=1S/C30H33ClN4O5S/c1-4-7-28(36)33-22-12-10-21(11-13-22)14-15-32-29(37)18-26-30(38)34-24-8-5-6-9-25(24)35(26)41(39,40)27-17-19(2)23(31)16-20(27)3/h5-6,8-13,16-17,26H,4,7,14-15,18H2,1-3H3,(H,32,37)(H,33,36)(H,34,38). The van der Waals surface area contributed by atoms with Crippen molar-refractivity contribution in [2.45, 2.75) is 57.4 Å². The second-order valence-corrected chi connectivity index (χ2v) is 12.2. The van der Waals surface area contributed by atoms with Gasteiger partial charge in [-0.2, -0.15) is 0 Å². The predicted molar refractivity (Wildman–Crippen MR) is 161 cm³/mol. The molecule has 0 aliphatic carbocycles. The molecule has 3 aromatic carbocycles. The molecule has 1 atom stereocenters. The predicted octanol–water partition coefficient (Wildman–Crippen LogP) is 4.96. The average molecular weight is 597 g/mol. The van der Waals surface area contributed by atoms with Crippen LogP contribution in [0, 0.1) is 13.8 Å². The van der Waals surface area contributed by atoms with Crippen LogP contribution in [0.25, 0.3) is 0 Å². The molecule has 3 aromatic rings. The smallest absolute Gasteiger partial charge is 0.265 e. The maximum atomic E-state index is 14.0. The summed E-state index contributed by atoms with van der Waals surface area (Å²) in [6.45, 7) is 5.57. The van der Waals surface area contributed by atoms with Gasteiger partial charge in [-0.25, -0.2) is 8.42 Å². The van der Waals surface area contributed by atoms with Gasteiger partial charge in [-0.1, -0.05) is 42.8 Å². The summed E-state index contributed by atoms with van der Waals surface area (Å²) in [7, 11) is -4.25. The Hall–Kier alpha value is -3.89. The molecule has 3 amide bonds. The number of nitrogens with one attached hydrogen (secondary N) is 3. The van der Waals surface area contributed by atoms with Crippen LogP contribution in [0.5, 0.6) is 0 Å². The van der Waals surface area contributed by atoms with Crippen molar-refractivity contribution in [3.05, 3.63) is 82.4 Å². The van der Waals surface area contributed by atoms with Crippen LogP contribution >= 0.6 is 11.6 Å². The molecule has 11 heteroatoms. The number of benzene rings is 3. The van der Waals surface area contributed by atoms with Crippen LogP contribution in [-0.2, 0) is 30.8 Å². The summed E-state index contributed by atoms with van der Waals surface area (Å²) in [5.41, 5.74) is 3.28. The van der Waals surface area contributed by atoms with Crippen molar-refractivity contribution in [1.82, 2.24) is 5.32 Å². The second kappa shape index (κ2) is 12.7. The van der Waals surface area contributed by atoms with E-state index in [1.165, 1.54) is 6.07 Å². The molecule has 1 heterocycles. The largest absolute Gasteiger partial charge is 0.356 e. The van der Waals surface area contributed by atoms with Gasteiger partial charge in [-0.15, -0.1) is 0 Å². The van der Waals surface area contributed by atoms with Gasteiger partial charge in [0.2, 0.25) is 17.7 Å². The van der Waals surface area contributed by atoms with E-state index in [0.717, 1.165) is 16.3 Å². The Bertz CT molecular complexity index is 1570. The number of aryl methyl sites for hydroxylation is 2. The number of carbonyl (C=O) groups excluding carboxylic acids is 3. The van der Waals surface area contributed by atoms with Crippen LogP contribution in [-0.4, -0.2) is 38.7 Å². The Morgan fingerprint density at radius 3 is 2.41 bits per heavy atom. The molecule has 0 saturated heterocycles. The van der Waals surface area contributed by atoms with E-state index in [1.54, 1.807) is 56.3 Å². The van der Waals surface area contributed by atoms with Gasteiger partial charge in [0.25, 0.3) is 10.0 Å². The molecule has 1 aliphatic rings. The van der Waals surface area contributed by atoms with E-state index < -0.39 is 27.9 Å². The third kappa shape index (κ3) is 6.89. The Morgan fingerprint density at radius 2 is 1.71 bits per heavy atom. The SMILES string of the molecule is CCCC(=O)Nc1ccc(CCNC(=O)CC2C(=O)Nc3ccccc3N2S(=O)(=O)c2cc(C)c(Cl)cc2C)cc1. The summed E-state index contributed by atoms with van der Waals surface area (Å²) in [5.74, 6) is -1.09. The maximum Gasteiger partial charge on any atom is 0.265 e. The summed E-state index contributed by atoms with van der Waals surface area (Å²) in [6, 6.07) is 15.7. The van der Waals surface area contributed by atoms with Crippen molar-refractivity contribution in [2.75, 3.05) is 21.5 Å². The number of hydrogen-bond donors (Lipinski definition) is 3. The molecule has 0 saturated carbocycles. The van der Waals surface area contributed by atoms with Crippen LogP contribution in [0.15, 0.2) is 65.6 Å². The fourth-order valence-electron chi connectivity index (χ4n) is 4.67. The molecule has 0 fully saturated rings. The summed E-state index contributed by atoms with van der Waals surface area (Å²) in [5, 5.41) is 8.80. The number of hydrogen-bond acceptors (Lipinski definition) is 5. The quantitative estimate of drug-likeness (QED) is 0.305. The van der Waals surface area contributed by atoms with Crippen molar-refractivity contribution in [2.24, 2.45) is 0 Å². The van der Waals surface area contributed by atoms with E-state index >= 15 is 0 Å². The molecule has 41 heavy (non-hydrogen) atoms. The molecule has 1 unspecified atom stereocenters. The molecule has 216 valence electrons. The van der Waals surface area contributed by atoms with E-state index in [1.807, 2.05) is 19.1 Å². The van der Waals surface area contributed by atoms with Gasteiger partial charge in [0.05, 0.1) is 22.7 Å². The van der Waals surface area contributed by atoms with Crippen molar-refractivity contribution in [3.8, 4) is 0 Å². The first-order chi connectivity index (χ1) is 19.5. The number of halogens is 1. The van der Waals surface area contributed by atoms with Crippen LogP contribution in [0.3, 0.4) is 0 Å². The first kappa shape index (κ1) is 30.1. The van der Waals surface area contributed by atoms with Crippen molar-refractivity contribution < 1.29 is 22.8 Å². The molecule has 3 N–H and O–H groups in total. The minimum Gasteiger partial charge on any atom is -0.356 e. The van der Waals surface area contributed by atoms with Gasteiger partial charge in [0.1, 0.15) is 6.04 Å². The van der Waals surface area contributed by atoms with Crippen molar-refractivity contribution in [3.63, 3.8) is 0 Å². The Kier molecular flexibility index (Phi) is 9.35. The lowest BCUT2D eigenvalue weighted by Crippen LogP contribution is -2.53. The summed E-state index contributed by atoms with van der Waals surface area (Å²) >= 11 is 6.21. The van der Waals surface area contributed by atoms with Crippen LogP contribution in [0.4, 0.5) is 17.1 Å². The molecule has 9 nitrogen and oxygen atoms in total. The third-order valence-corrected chi connectivity index (χ3v) is 9.18. The number of para-hydroxylation sites is 2. The second-order valence-electron chi connectivity index (χ2n) is 9.99. The summed E-state index contributed by atoms with van der Waals surface area (Å²) < 4.78 is 29.1. The molecule has 4 rings (SSSR count). The Labute approximate surface area is 245 Å². The minimum atomic E-state index is -4.25. The highest BCUT2D eigenvalue weighted by atomic mass is 35.5. The van der Waals surface area contributed by atoms with E-state index in [9.17, 15) is 22.8 Å². The highest BCUT2D eigenvalue weighted by Gasteiger charge is 2.42. The fraction of sp³-hybridized carbons (Fsp3) is 0.300. The molecule has 0 spiro atoms. The Balaban J connectivity index is 1.49. The molecule has 1 aliphatic heterocycles. The highest BCUT2D eigenvalue weighted by Crippen LogP contribution is 2.38. The lowest BCUT2D eigenvalue weighted by Gasteiger charge is -2.37. The van der Waals surface area contributed by atoms with Gasteiger partial charge in [-0.3, -0.25) is 18.7 Å². The Morgan fingerprint density at radius 1 is 1.00 bits per heavy atom. The van der Waals surface area contributed by atoms with Crippen molar-refractivity contribution in [1.29, 1.82) is 0 Å². The van der Waals surface area contributed by atoms with Gasteiger partial charge >= 0.3 is 0 Å². The van der Waals surface area contributed by atoms with Crippen LogP contribution in [0.2, 0.25) is 5.02 Å². The number of amides is 3. The number of carbonyl (C=O) groups is 3. The van der Waals surface area contributed by atoms with E-state index in [2.05, 4.69) is 16.0 Å². The van der Waals surface area contributed by atoms with E-state index in [0.29, 0.717) is 40.4 Å². The normalized spacial score (nSPS) is 14.7. The van der Waals surface area contributed by atoms with E-state index in [4.69, 9.17) is 11.6 Å². The maximum absolute atomic E-state index is 14.0. The monoisotopic (exact) mass is 596 g/mol. The summed E-state index contributed by atoms with van der Waals surface area (Å²) in [6.07, 6.45) is 1.37. The van der Waals surface area contributed by atoms with Crippen LogP contribution < -0.4 is 20.3 Å².